The number of pyridine rings is 1. The highest BCUT2D eigenvalue weighted by atomic mass is 79.9. The number of hydrogen-bond acceptors (Lipinski definition) is 5. The third-order valence-corrected chi connectivity index (χ3v) is 3.78. The van der Waals surface area contributed by atoms with Crippen molar-refractivity contribution in [1.82, 2.24) is 24.3 Å². The molecule has 0 aliphatic carbocycles. The summed E-state index contributed by atoms with van der Waals surface area (Å²) < 4.78 is 68.4. The zero-order valence-electron chi connectivity index (χ0n) is 16.1. The maximum absolute atomic E-state index is 10.6. The van der Waals surface area contributed by atoms with Crippen molar-refractivity contribution in [3.63, 3.8) is 0 Å². The molecule has 32 heavy (non-hydrogen) atoms. The van der Waals surface area contributed by atoms with Crippen LogP contribution in [0.25, 0.3) is 11.2 Å². The van der Waals surface area contributed by atoms with Crippen molar-refractivity contribution in [1.29, 1.82) is 0 Å². The summed E-state index contributed by atoms with van der Waals surface area (Å²) in [7, 11) is 1.92. The standard InChI is InChI=1S/C12H12BrN5.2C2HF3O2/c1-8-16-12-11(3-10(13)5-14-12)18(8)7-9-4-15-17(2)6-9;2*3-2(4,5)1(6)7/h3-6H,7H2,1-2H3;2*(H,6,7). The first-order chi connectivity index (χ1) is 14.5. The Morgan fingerprint density at radius 1 is 1.06 bits per heavy atom. The van der Waals surface area contributed by atoms with E-state index in [2.05, 4.69) is 35.6 Å². The summed E-state index contributed by atoms with van der Waals surface area (Å²) in [5, 5.41) is 18.4. The van der Waals surface area contributed by atoms with Crippen LogP contribution in [0.5, 0.6) is 0 Å². The summed E-state index contributed by atoms with van der Waals surface area (Å²) in [6.07, 6.45) is -4.52. The quantitative estimate of drug-likeness (QED) is 0.483. The minimum absolute atomic E-state index is 0.758. The number of rotatable bonds is 2. The molecule has 0 unspecified atom stereocenters. The predicted molar refractivity (Wildman–Crippen MR) is 99.7 cm³/mol. The fourth-order valence-corrected chi connectivity index (χ4v) is 2.35. The van der Waals surface area contributed by atoms with Crippen LogP contribution in [-0.2, 0) is 23.2 Å². The van der Waals surface area contributed by atoms with E-state index < -0.39 is 24.3 Å². The van der Waals surface area contributed by atoms with E-state index in [1.54, 1.807) is 10.9 Å². The van der Waals surface area contributed by atoms with Crippen molar-refractivity contribution < 1.29 is 46.1 Å². The summed E-state index contributed by atoms with van der Waals surface area (Å²) in [4.78, 5) is 26.6. The van der Waals surface area contributed by atoms with Crippen LogP contribution in [0.2, 0.25) is 0 Å². The number of halogens is 7. The molecule has 2 N–H and O–H groups in total. The lowest BCUT2D eigenvalue weighted by atomic mass is 10.3. The Labute approximate surface area is 183 Å². The first-order valence-electron chi connectivity index (χ1n) is 8.08. The minimum Gasteiger partial charge on any atom is -0.475 e. The molecule has 0 saturated carbocycles. The topological polar surface area (TPSA) is 123 Å². The zero-order chi connectivity index (χ0) is 24.9. The van der Waals surface area contributed by atoms with Crippen LogP contribution < -0.4 is 0 Å². The number of aliphatic carboxylic acids is 2. The second kappa shape index (κ2) is 10.4. The van der Waals surface area contributed by atoms with Crippen LogP contribution >= 0.6 is 15.9 Å². The Bertz CT molecular complexity index is 1070. The van der Waals surface area contributed by atoms with Gasteiger partial charge in [0.05, 0.1) is 18.3 Å². The van der Waals surface area contributed by atoms with Crippen molar-refractivity contribution in [3.8, 4) is 0 Å². The number of alkyl halides is 6. The molecule has 0 amide bonds. The van der Waals surface area contributed by atoms with Crippen LogP contribution in [0.1, 0.15) is 11.4 Å². The number of imidazole rings is 1. The normalized spacial score (nSPS) is 11.3. The molecular weight excluding hydrogens is 520 g/mol. The molecule has 0 atom stereocenters. The Kier molecular flexibility index (Phi) is 8.75. The van der Waals surface area contributed by atoms with E-state index >= 15 is 0 Å². The fourth-order valence-electron chi connectivity index (χ4n) is 2.03. The maximum Gasteiger partial charge on any atom is 0.490 e. The van der Waals surface area contributed by atoms with Gasteiger partial charge in [0.1, 0.15) is 5.82 Å². The molecule has 3 aromatic heterocycles. The number of fused-ring (bicyclic) bond motifs is 1. The maximum atomic E-state index is 10.6. The first kappa shape index (κ1) is 26.9. The van der Waals surface area contributed by atoms with E-state index in [1.165, 1.54) is 0 Å². The molecule has 3 heterocycles. The number of aryl methyl sites for hydroxylation is 2. The number of aromatic nitrogens is 5. The van der Waals surface area contributed by atoms with Gasteiger partial charge in [-0.05, 0) is 28.9 Å². The monoisotopic (exact) mass is 533 g/mol. The molecule has 9 nitrogen and oxygen atoms in total. The van der Waals surface area contributed by atoms with Gasteiger partial charge in [-0.1, -0.05) is 0 Å². The second-order valence-electron chi connectivity index (χ2n) is 5.87. The average Bonchev–Trinajstić information content (AvgIpc) is 3.18. The lowest BCUT2D eigenvalue weighted by molar-refractivity contribution is -0.193. The van der Waals surface area contributed by atoms with Crippen molar-refractivity contribution in [2.45, 2.75) is 25.8 Å². The molecule has 0 saturated heterocycles. The molecule has 176 valence electrons. The number of carboxylic acids is 2. The van der Waals surface area contributed by atoms with Crippen LogP contribution in [0.15, 0.2) is 29.1 Å². The van der Waals surface area contributed by atoms with E-state index in [0.717, 1.165) is 33.6 Å². The molecule has 0 bridgehead atoms. The van der Waals surface area contributed by atoms with Gasteiger partial charge in [-0.2, -0.15) is 31.4 Å². The highest BCUT2D eigenvalue weighted by molar-refractivity contribution is 9.10. The van der Waals surface area contributed by atoms with Crippen molar-refractivity contribution in [2.75, 3.05) is 0 Å². The fraction of sp³-hybridized carbons (Fsp3) is 0.312. The summed E-state index contributed by atoms with van der Waals surface area (Å²) >= 11 is 3.45. The summed E-state index contributed by atoms with van der Waals surface area (Å²) in [5.41, 5.74) is 2.96. The van der Waals surface area contributed by atoms with E-state index in [0.29, 0.717) is 0 Å². The Morgan fingerprint density at radius 2 is 1.56 bits per heavy atom. The van der Waals surface area contributed by atoms with Gasteiger partial charge in [0.2, 0.25) is 0 Å². The van der Waals surface area contributed by atoms with Crippen molar-refractivity contribution in [2.24, 2.45) is 7.05 Å². The Balaban J connectivity index is 0.000000305. The number of nitrogens with zero attached hydrogens (tertiary/aromatic N) is 5. The second-order valence-corrected chi connectivity index (χ2v) is 6.79. The smallest absolute Gasteiger partial charge is 0.475 e. The van der Waals surface area contributed by atoms with Crippen LogP contribution in [0.3, 0.4) is 0 Å². The summed E-state index contributed by atoms with van der Waals surface area (Å²) in [6, 6.07) is 2.04. The average molecular weight is 534 g/mol. The van der Waals surface area contributed by atoms with Gasteiger partial charge >= 0.3 is 24.3 Å². The number of carboxylic acid groups (broad SMARTS) is 2. The van der Waals surface area contributed by atoms with Crippen molar-refractivity contribution >= 4 is 39.0 Å². The van der Waals surface area contributed by atoms with Gasteiger partial charge in [0.25, 0.3) is 0 Å². The van der Waals surface area contributed by atoms with Crippen molar-refractivity contribution in [3.05, 3.63) is 40.5 Å². The predicted octanol–water partition coefficient (Wildman–Crippen LogP) is 3.55. The zero-order valence-corrected chi connectivity index (χ0v) is 17.7. The molecule has 0 aliphatic rings. The lowest BCUT2D eigenvalue weighted by Crippen LogP contribution is -2.21. The van der Waals surface area contributed by atoms with Gasteiger partial charge in [0.15, 0.2) is 5.65 Å². The van der Waals surface area contributed by atoms with E-state index in [1.807, 2.05) is 32.4 Å². The summed E-state index contributed by atoms with van der Waals surface area (Å²) in [5.74, 6) is -4.56. The van der Waals surface area contributed by atoms with E-state index in [9.17, 15) is 26.3 Å². The molecule has 0 aromatic carbocycles. The molecule has 3 aromatic rings. The third kappa shape index (κ3) is 8.16. The van der Waals surface area contributed by atoms with E-state index in [-0.39, 0.29) is 0 Å². The molecule has 16 heteroatoms. The van der Waals surface area contributed by atoms with E-state index in [4.69, 9.17) is 19.8 Å². The lowest BCUT2D eigenvalue weighted by Gasteiger charge is -2.04. The van der Waals surface area contributed by atoms with Crippen LogP contribution in [-0.4, -0.2) is 58.8 Å². The summed E-state index contributed by atoms with van der Waals surface area (Å²) in [6.45, 7) is 2.75. The molecule has 0 aliphatic heterocycles. The van der Waals surface area contributed by atoms with Gasteiger partial charge < -0.3 is 14.8 Å². The molecule has 0 radical (unpaired) electrons. The van der Waals surface area contributed by atoms with Gasteiger partial charge in [0, 0.05) is 29.5 Å². The molecule has 0 fully saturated rings. The largest absolute Gasteiger partial charge is 0.490 e. The highest BCUT2D eigenvalue weighted by Gasteiger charge is 2.38. The van der Waals surface area contributed by atoms with Crippen LogP contribution in [0, 0.1) is 6.92 Å². The molecular formula is C16H14BrF6N5O4. The first-order valence-corrected chi connectivity index (χ1v) is 8.87. The van der Waals surface area contributed by atoms with Gasteiger partial charge in [-0.3, -0.25) is 4.68 Å². The van der Waals surface area contributed by atoms with Gasteiger partial charge in [-0.25, -0.2) is 19.6 Å². The Hall–Kier alpha value is -3.17. The SMILES string of the molecule is Cc1nc2ncc(Br)cc2n1Cc1cnn(C)c1.O=C(O)C(F)(F)F.O=C(O)C(F)(F)F. The van der Waals surface area contributed by atoms with Crippen LogP contribution in [0.4, 0.5) is 26.3 Å². The minimum atomic E-state index is -5.08. The molecule has 3 rings (SSSR count). The number of hydrogen-bond donors (Lipinski definition) is 2. The third-order valence-electron chi connectivity index (χ3n) is 3.35. The number of carbonyl (C=O) groups is 2. The van der Waals surface area contributed by atoms with Gasteiger partial charge in [-0.15, -0.1) is 0 Å². The Morgan fingerprint density at radius 3 is 1.97 bits per heavy atom. The molecule has 0 spiro atoms. The highest BCUT2D eigenvalue weighted by Crippen LogP contribution is 2.19.